The number of alkyl halides is 1. The average molecular weight is 324 g/mol. The largest absolute Gasteiger partial charge is 0.271 e. The number of hydrogen-bond donors (Lipinski definition) is 0. The van der Waals surface area contributed by atoms with Crippen molar-refractivity contribution in [1.82, 2.24) is 14.1 Å². The molecule has 5 nitrogen and oxygen atoms in total. The van der Waals surface area contributed by atoms with Crippen LogP contribution in [0.2, 0.25) is 0 Å². The molecule has 2 rings (SSSR count). The summed E-state index contributed by atoms with van der Waals surface area (Å²) in [6.07, 6.45) is 4.70. The van der Waals surface area contributed by atoms with E-state index in [4.69, 9.17) is 11.6 Å². The molecule has 0 bridgehead atoms. The van der Waals surface area contributed by atoms with Crippen molar-refractivity contribution >= 4 is 33.4 Å². The summed E-state index contributed by atoms with van der Waals surface area (Å²) in [5.41, 5.74) is 0. The van der Waals surface area contributed by atoms with Gasteiger partial charge in [-0.05, 0) is 18.6 Å². The van der Waals surface area contributed by atoms with E-state index in [0.717, 1.165) is 24.3 Å². The van der Waals surface area contributed by atoms with Crippen LogP contribution >= 0.6 is 23.4 Å². The second-order valence-electron chi connectivity index (χ2n) is 4.52. The van der Waals surface area contributed by atoms with Crippen LogP contribution in [-0.2, 0) is 16.6 Å². The first-order chi connectivity index (χ1) is 9.05. The van der Waals surface area contributed by atoms with Crippen molar-refractivity contribution in [2.24, 2.45) is 0 Å². The van der Waals surface area contributed by atoms with Gasteiger partial charge in [0, 0.05) is 37.5 Å². The summed E-state index contributed by atoms with van der Waals surface area (Å²) in [5, 5.41) is 4.08. The topological polar surface area (TPSA) is 55.2 Å². The molecule has 19 heavy (non-hydrogen) atoms. The summed E-state index contributed by atoms with van der Waals surface area (Å²) in [6.45, 7) is 0.641. The lowest BCUT2D eigenvalue weighted by Gasteiger charge is -2.22. The Morgan fingerprint density at radius 2 is 2.42 bits per heavy atom. The first kappa shape index (κ1) is 15.2. The third-order valence-electron chi connectivity index (χ3n) is 3.23. The monoisotopic (exact) mass is 323 g/mol. The van der Waals surface area contributed by atoms with Gasteiger partial charge < -0.3 is 0 Å². The van der Waals surface area contributed by atoms with Gasteiger partial charge in [0.05, 0.1) is 6.20 Å². The van der Waals surface area contributed by atoms with E-state index in [1.807, 2.05) is 0 Å². The van der Waals surface area contributed by atoms with Gasteiger partial charge in [-0.2, -0.15) is 21.2 Å². The Labute approximate surface area is 123 Å². The lowest BCUT2D eigenvalue weighted by molar-refractivity contribution is 0.394. The number of aromatic nitrogens is 2. The molecule has 1 aromatic heterocycles. The number of thioether (sulfide) groups is 1. The van der Waals surface area contributed by atoms with E-state index in [1.165, 1.54) is 10.5 Å². The van der Waals surface area contributed by atoms with Crippen LogP contribution in [0.3, 0.4) is 0 Å². The molecule has 1 aromatic rings. The number of hydrogen-bond acceptors (Lipinski definition) is 4. The molecular formula is C11H18ClN3O2S2. The Kier molecular flexibility index (Phi) is 5.16. The van der Waals surface area contributed by atoms with Crippen molar-refractivity contribution in [3.05, 3.63) is 12.4 Å². The van der Waals surface area contributed by atoms with Crippen LogP contribution in [0.25, 0.3) is 0 Å². The van der Waals surface area contributed by atoms with E-state index in [-0.39, 0.29) is 10.9 Å². The van der Waals surface area contributed by atoms with Gasteiger partial charge in [-0.3, -0.25) is 4.68 Å². The second kappa shape index (κ2) is 6.47. The average Bonchev–Trinajstić information content (AvgIpc) is 3.06. The highest BCUT2D eigenvalue weighted by Gasteiger charge is 2.31. The molecule has 0 saturated carbocycles. The molecular weight excluding hydrogens is 306 g/mol. The quantitative estimate of drug-likeness (QED) is 0.747. The molecule has 0 radical (unpaired) electrons. The third-order valence-corrected chi connectivity index (χ3v) is 6.50. The van der Waals surface area contributed by atoms with E-state index in [0.29, 0.717) is 12.4 Å². The van der Waals surface area contributed by atoms with Crippen LogP contribution in [0, 0.1) is 0 Å². The molecule has 1 fully saturated rings. The zero-order valence-corrected chi connectivity index (χ0v) is 13.2. The van der Waals surface area contributed by atoms with E-state index in [2.05, 4.69) is 5.10 Å². The van der Waals surface area contributed by atoms with E-state index >= 15 is 0 Å². The lowest BCUT2D eigenvalue weighted by Crippen LogP contribution is -2.36. The van der Waals surface area contributed by atoms with Crippen LogP contribution in [0.5, 0.6) is 0 Å². The molecule has 2 heterocycles. The van der Waals surface area contributed by atoms with Gasteiger partial charge in [0.2, 0.25) is 10.0 Å². The molecule has 0 spiro atoms. The van der Waals surface area contributed by atoms with Crippen LogP contribution in [0.4, 0.5) is 0 Å². The fourth-order valence-corrected chi connectivity index (χ4v) is 4.82. The van der Waals surface area contributed by atoms with Gasteiger partial charge in [0.1, 0.15) is 4.90 Å². The van der Waals surface area contributed by atoms with Gasteiger partial charge in [-0.1, -0.05) is 0 Å². The predicted octanol–water partition coefficient (Wildman–Crippen LogP) is 1.64. The number of rotatable bonds is 6. The molecule has 0 amide bonds. The Balaban J connectivity index is 2.12. The fourth-order valence-electron chi connectivity index (χ4n) is 1.99. The van der Waals surface area contributed by atoms with E-state index in [1.54, 1.807) is 29.7 Å². The zero-order chi connectivity index (χ0) is 13.9. The number of nitrogens with zero attached hydrogens (tertiary/aromatic N) is 3. The van der Waals surface area contributed by atoms with Crippen molar-refractivity contribution in [2.75, 3.05) is 24.4 Å². The highest BCUT2D eigenvalue weighted by molar-refractivity contribution is 7.99. The third kappa shape index (κ3) is 3.45. The van der Waals surface area contributed by atoms with Crippen molar-refractivity contribution in [3.63, 3.8) is 0 Å². The maximum Gasteiger partial charge on any atom is 0.246 e. The summed E-state index contributed by atoms with van der Waals surface area (Å²) in [5.74, 6) is 2.44. The number of halogens is 1. The van der Waals surface area contributed by atoms with Crippen molar-refractivity contribution in [1.29, 1.82) is 0 Å². The van der Waals surface area contributed by atoms with Crippen LogP contribution in [0.15, 0.2) is 17.3 Å². The Bertz CT molecular complexity index is 512. The molecule has 1 saturated heterocycles. The van der Waals surface area contributed by atoms with Crippen molar-refractivity contribution < 1.29 is 8.42 Å². The second-order valence-corrected chi connectivity index (χ2v) is 8.05. The molecule has 1 unspecified atom stereocenters. The highest BCUT2D eigenvalue weighted by Crippen LogP contribution is 2.25. The predicted molar refractivity (Wildman–Crippen MR) is 78.2 cm³/mol. The molecule has 0 N–H and O–H groups in total. The van der Waals surface area contributed by atoms with Gasteiger partial charge in [0.25, 0.3) is 0 Å². The van der Waals surface area contributed by atoms with Gasteiger partial charge in [0.15, 0.2) is 0 Å². The van der Waals surface area contributed by atoms with Crippen LogP contribution in [-0.4, -0.2) is 53.0 Å². The van der Waals surface area contributed by atoms with Gasteiger partial charge >= 0.3 is 0 Å². The van der Waals surface area contributed by atoms with Crippen LogP contribution < -0.4 is 0 Å². The summed E-state index contributed by atoms with van der Waals surface area (Å²) in [7, 11) is -1.77. The normalized spacial score (nSPS) is 20.3. The minimum Gasteiger partial charge on any atom is -0.271 e. The van der Waals surface area contributed by atoms with Gasteiger partial charge in [-0.15, -0.1) is 11.6 Å². The van der Waals surface area contributed by atoms with E-state index < -0.39 is 10.0 Å². The lowest BCUT2D eigenvalue weighted by atomic mass is 10.3. The standard InChI is InChI=1S/C11H18ClN3O2S2/c1-14(10-3-6-18-9-10)19(16,17)11-7-13-15(8-11)5-2-4-12/h7-8,10H,2-6,9H2,1H3. The first-order valence-corrected chi connectivity index (χ1v) is 9.33. The highest BCUT2D eigenvalue weighted by atomic mass is 35.5. The molecule has 108 valence electrons. The molecule has 1 aliphatic rings. The smallest absolute Gasteiger partial charge is 0.246 e. The van der Waals surface area contributed by atoms with Gasteiger partial charge in [-0.25, -0.2) is 8.42 Å². The fraction of sp³-hybridized carbons (Fsp3) is 0.727. The SMILES string of the molecule is CN(C1CCSC1)S(=O)(=O)c1cnn(CCCCl)c1. The first-order valence-electron chi connectivity index (χ1n) is 6.20. The number of sulfonamides is 1. The molecule has 0 aromatic carbocycles. The van der Waals surface area contributed by atoms with Crippen LogP contribution in [0.1, 0.15) is 12.8 Å². The summed E-state index contributed by atoms with van der Waals surface area (Å²) >= 11 is 7.41. The minimum absolute atomic E-state index is 0.0983. The molecule has 1 aliphatic heterocycles. The maximum absolute atomic E-state index is 12.4. The Hall–Kier alpha value is -0.240. The Morgan fingerprint density at radius 1 is 1.63 bits per heavy atom. The maximum atomic E-state index is 12.4. The molecule has 0 aliphatic carbocycles. The summed E-state index contributed by atoms with van der Waals surface area (Å²) in [6, 6.07) is 0.0983. The summed E-state index contributed by atoms with van der Waals surface area (Å²) in [4.78, 5) is 0.265. The van der Waals surface area contributed by atoms with E-state index in [9.17, 15) is 8.42 Å². The molecule has 8 heteroatoms. The van der Waals surface area contributed by atoms with Crippen molar-refractivity contribution in [2.45, 2.75) is 30.3 Å². The summed E-state index contributed by atoms with van der Waals surface area (Å²) < 4.78 is 28.0. The number of aryl methyl sites for hydroxylation is 1. The zero-order valence-electron chi connectivity index (χ0n) is 10.8. The minimum atomic E-state index is -3.42. The molecule has 1 atom stereocenters. The Morgan fingerprint density at radius 3 is 3.05 bits per heavy atom. The van der Waals surface area contributed by atoms with Crippen molar-refractivity contribution in [3.8, 4) is 0 Å².